The smallest absolute Gasteiger partial charge is 0.319 e. The van der Waals surface area contributed by atoms with E-state index in [4.69, 9.17) is 5.11 Å². The molecule has 0 bridgehead atoms. The third kappa shape index (κ3) is 5.67. The number of carbonyl (C=O) groups excluding carboxylic acids is 1. The lowest BCUT2D eigenvalue weighted by Crippen LogP contribution is -2.35. The number of anilines is 1. The maximum absolute atomic E-state index is 11.9. The molecule has 0 radical (unpaired) electrons. The van der Waals surface area contributed by atoms with Gasteiger partial charge in [-0.05, 0) is 62.9 Å². The first-order chi connectivity index (χ1) is 9.85. The number of carboxylic acid groups (broad SMARTS) is 1. The van der Waals surface area contributed by atoms with Crippen molar-refractivity contribution in [2.45, 2.75) is 26.7 Å². The van der Waals surface area contributed by atoms with Crippen LogP contribution in [0.25, 0.3) is 0 Å². The molecule has 0 fully saturated rings. The molecular formula is C14H18Br2N2O3. The average Bonchev–Trinajstić information content (AvgIpc) is 2.38. The van der Waals surface area contributed by atoms with E-state index in [-0.39, 0.29) is 6.54 Å². The number of aliphatic carboxylic acids is 1. The lowest BCUT2D eigenvalue weighted by atomic mass is 10.0. The van der Waals surface area contributed by atoms with Crippen LogP contribution in [0.1, 0.15) is 25.3 Å². The minimum Gasteiger partial charge on any atom is -0.481 e. The third-order valence-electron chi connectivity index (χ3n) is 2.92. The Morgan fingerprint density at radius 1 is 1.29 bits per heavy atom. The van der Waals surface area contributed by atoms with Crippen molar-refractivity contribution in [3.05, 3.63) is 26.6 Å². The van der Waals surface area contributed by atoms with Gasteiger partial charge in [-0.25, -0.2) is 4.79 Å². The van der Waals surface area contributed by atoms with Gasteiger partial charge in [-0.2, -0.15) is 0 Å². The molecule has 1 atom stereocenters. The Bertz CT molecular complexity index is 512. The van der Waals surface area contributed by atoms with Gasteiger partial charge in [-0.3, -0.25) is 4.79 Å². The second-order valence-corrected chi connectivity index (χ2v) is 6.47. The fourth-order valence-electron chi connectivity index (χ4n) is 1.85. The molecule has 0 saturated heterocycles. The van der Waals surface area contributed by atoms with Crippen molar-refractivity contribution in [1.82, 2.24) is 5.32 Å². The molecule has 1 unspecified atom stereocenters. The molecule has 0 aromatic heterocycles. The Morgan fingerprint density at radius 3 is 2.33 bits per heavy atom. The molecule has 0 aliphatic carbocycles. The Morgan fingerprint density at radius 2 is 1.86 bits per heavy atom. The quantitative estimate of drug-likeness (QED) is 0.645. The Balaban J connectivity index is 2.64. The summed E-state index contributed by atoms with van der Waals surface area (Å²) in [6.07, 6.45) is 1.29. The first kappa shape index (κ1) is 18.0. The van der Waals surface area contributed by atoms with Gasteiger partial charge in [0.15, 0.2) is 0 Å². The summed E-state index contributed by atoms with van der Waals surface area (Å²) in [7, 11) is 0. The third-order valence-corrected chi connectivity index (χ3v) is 4.17. The fraction of sp³-hybridized carbons (Fsp3) is 0.429. The Kier molecular flexibility index (Phi) is 7.17. The van der Waals surface area contributed by atoms with Crippen molar-refractivity contribution < 1.29 is 14.7 Å². The molecule has 7 heteroatoms. The molecule has 0 aliphatic rings. The first-order valence-electron chi connectivity index (χ1n) is 6.58. The number of aryl methyl sites for hydroxylation is 1. The van der Waals surface area contributed by atoms with E-state index in [0.29, 0.717) is 12.1 Å². The van der Waals surface area contributed by atoms with Crippen molar-refractivity contribution in [1.29, 1.82) is 0 Å². The van der Waals surface area contributed by atoms with Crippen LogP contribution in [-0.2, 0) is 4.79 Å². The van der Waals surface area contributed by atoms with Crippen LogP contribution >= 0.6 is 31.9 Å². The lowest BCUT2D eigenvalue weighted by Gasteiger charge is -2.14. The number of benzene rings is 1. The summed E-state index contributed by atoms with van der Waals surface area (Å²) >= 11 is 6.78. The molecule has 0 aliphatic heterocycles. The number of hydrogen-bond donors (Lipinski definition) is 3. The SMILES string of the molecule is CCCC(CNC(=O)Nc1c(Br)cc(C)cc1Br)C(=O)O. The van der Waals surface area contributed by atoms with Gasteiger partial charge >= 0.3 is 12.0 Å². The predicted molar refractivity (Wildman–Crippen MR) is 89.6 cm³/mol. The summed E-state index contributed by atoms with van der Waals surface area (Å²) in [4.78, 5) is 22.9. The molecule has 3 N–H and O–H groups in total. The fourth-order valence-corrected chi connectivity index (χ4v) is 3.47. The normalized spacial score (nSPS) is 11.8. The highest BCUT2D eigenvalue weighted by molar-refractivity contribution is 9.11. The number of carbonyl (C=O) groups is 2. The minimum atomic E-state index is -0.894. The van der Waals surface area contributed by atoms with Gasteiger partial charge in [0.2, 0.25) is 0 Å². The Labute approximate surface area is 140 Å². The van der Waals surface area contributed by atoms with Gasteiger partial charge in [-0.15, -0.1) is 0 Å². The number of urea groups is 1. The second kappa shape index (κ2) is 8.38. The number of amides is 2. The number of hydrogen-bond acceptors (Lipinski definition) is 2. The number of carboxylic acids is 1. The molecule has 0 saturated carbocycles. The number of halogens is 2. The van der Waals surface area contributed by atoms with Gasteiger partial charge < -0.3 is 15.7 Å². The van der Waals surface area contributed by atoms with E-state index < -0.39 is 17.9 Å². The van der Waals surface area contributed by atoms with E-state index in [0.717, 1.165) is 20.9 Å². The highest BCUT2D eigenvalue weighted by Crippen LogP contribution is 2.32. The van der Waals surface area contributed by atoms with Crippen LogP contribution in [0.5, 0.6) is 0 Å². The molecule has 116 valence electrons. The molecule has 0 heterocycles. The monoisotopic (exact) mass is 420 g/mol. The average molecular weight is 422 g/mol. The van der Waals surface area contributed by atoms with E-state index in [1.54, 1.807) is 0 Å². The number of rotatable bonds is 6. The second-order valence-electron chi connectivity index (χ2n) is 4.76. The molecule has 1 aromatic carbocycles. The maximum Gasteiger partial charge on any atom is 0.319 e. The standard InChI is InChI=1S/C14H18Br2N2O3/c1-3-4-9(13(19)20)7-17-14(21)18-12-10(15)5-8(2)6-11(12)16/h5-6,9H,3-4,7H2,1-2H3,(H,19,20)(H2,17,18,21). The minimum absolute atomic E-state index is 0.107. The van der Waals surface area contributed by atoms with Crippen LogP contribution in [0.2, 0.25) is 0 Å². The predicted octanol–water partition coefficient (Wildman–Crippen LogP) is 4.14. The van der Waals surface area contributed by atoms with E-state index in [2.05, 4.69) is 42.5 Å². The summed E-state index contributed by atoms with van der Waals surface area (Å²) in [6, 6.07) is 3.34. The lowest BCUT2D eigenvalue weighted by molar-refractivity contribution is -0.141. The summed E-state index contributed by atoms with van der Waals surface area (Å²) in [6.45, 7) is 3.97. The van der Waals surface area contributed by atoms with Crippen LogP contribution in [0.4, 0.5) is 10.5 Å². The van der Waals surface area contributed by atoms with Gasteiger partial charge in [0.25, 0.3) is 0 Å². The van der Waals surface area contributed by atoms with Crippen LogP contribution in [0.3, 0.4) is 0 Å². The molecule has 5 nitrogen and oxygen atoms in total. The van der Waals surface area contributed by atoms with Gasteiger partial charge in [0, 0.05) is 15.5 Å². The highest BCUT2D eigenvalue weighted by atomic mass is 79.9. The molecular weight excluding hydrogens is 404 g/mol. The number of nitrogens with one attached hydrogen (secondary N) is 2. The van der Waals surface area contributed by atoms with E-state index in [9.17, 15) is 9.59 Å². The zero-order valence-corrected chi connectivity index (χ0v) is 15.0. The zero-order valence-electron chi connectivity index (χ0n) is 11.9. The van der Waals surface area contributed by atoms with Crippen molar-refractivity contribution in [2.75, 3.05) is 11.9 Å². The van der Waals surface area contributed by atoms with Crippen LogP contribution in [0, 0.1) is 12.8 Å². The van der Waals surface area contributed by atoms with Crippen molar-refractivity contribution in [2.24, 2.45) is 5.92 Å². The Hall–Kier alpha value is -1.08. The highest BCUT2D eigenvalue weighted by Gasteiger charge is 2.17. The van der Waals surface area contributed by atoms with E-state index in [1.807, 2.05) is 26.0 Å². The summed E-state index contributed by atoms with van der Waals surface area (Å²) in [5, 5.41) is 14.3. The summed E-state index contributed by atoms with van der Waals surface area (Å²) < 4.78 is 1.51. The van der Waals surface area contributed by atoms with Gasteiger partial charge in [-0.1, -0.05) is 13.3 Å². The molecule has 21 heavy (non-hydrogen) atoms. The van der Waals surface area contributed by atoms with Crippen molar-refractivity contribution in [3.8, 4) is 0 Å². The molecule has 1 aromatic rings. The largest absolute Gasteiger partial charge is 0.481 e. The molecule has 1 rings (SSSR count). The topological polar surface area (TPSA) is 78.4 Å². The van der Waals surface area contributed by atoms with Crippen molar-refractivity contribution in [3.63, 3.8) is 0 Å². The van der Waals surface area contributed by atoms with Crippen LogP contribution in [-0.4, -0.2) is 23.7 Å². The van der Waals surface area contributed by atoms with Gasteiger partial charge in [0.05, 0.1) is 11.6 Å². The van der Waals surface area contributed by atoms with Crippen molar-refractivity contribution >= 4 is 49.5 Å². The summed E-state index contributed by atoms with van der Waals surface area (Å²) in [5.41, 5.74) is 1.66. The van der Waals surface area contributed by atoms with E-state index in [1.165, 1.54) is 0 Å². The van der Waals surface area contributed by atoms with Crippen LogP contribution < -0.4 is 10.6 Å². The zero-order chi connectivity index (χ0) is 16.0. The molecule has 0 spiro atoms. The summed E-state index contributed by atoms with van der Waals surface area (Å²) in [5.74, 6) is -1.46. The van der Waals surface area contributed by atoms with Crippen LogP contribution in [0.15, 0.2) is 21.1 Å². The van der Waals surface area contributed by atoms with Gasteiger partial charge in [0.1, 0.15) is 0 Å². The first-order valence-corrected chi connectivity index (χ1v) is 8.17. The molecule has 2 amide bonds. The van der Waals surface area contributed by atoms with E-state index >= 15 is 0 Å². The maximum atomic E-state index is 11.9.